The summed E-state index contributed by atoms with van der Waals surface area (Å²) in [7, 11) is 0. The fourth-order valence-electron chi connectivity index (χ4n) is 5.63. The summed E-state index contributed by atoms with van der Waals surface area (Å²) in [5.41, 5.74) is 6.88. The molecule has 0 saturated carbocycles. The van der Waals surface area contributed by atoms with Crippen LogP contribution < -0.4 is 14.4 Å². The minimum atomic E-state index is -0.652. The van der Waals surface area contributed by atoms with E-state index in [2.05, 4.69) is 119 Å². The van der Waals surface area contributed by atoms with Crippen LogP contribution in [0.25, 0.3) is 0 Å². The second kappa shape index (κ2) is 23.2. The van der Waals surface area contributed by atoms with Crippen LogP contribution in [0.3, 0.4) is 0 Å². The molecule has 0 radical (unpaired) electrons. The third kappa shape index (κ3) is 16.3. The highest BCUT2D eigenvalue weighted by Gasteiger charge is 2.25. The van der Waals surface area contributed by atoms with Crippen molar-refractivity contribution in [3.05, 3.63) is 125 Å². The zero-order chi connectivity index (χ0) is 41.1. The lowest BCUT2D eigenvalue weighted by Gasteiger charge is -2.33. The zero-order valence-electron chi connectivity index (χ0n) is 36.6. The Kier molecular flexibility index (Phi) is 20.7. The monoisotopic (exact) mass is 742 g/mol. The first-order valence-corrected chi connectivity index (χ1v) is 20.2. The lowest BCUT2D eigenvalue weighted by Crippen LogP contribution is -2.40. The van der Waals surface area contributed by atoms with Crippen molar-refractivity contribution in [3.63, 3.8) is 0 Å². The summed E-state index contributed by atoms with van der Waals surface area (Å²) >= 11 is 0. The van der Waals surface area contributed by atoms with Crippen LogP contribution in [0.1, 0.15) is 125 Å². The summed E-state index contributed by atoms with van der Waals surface area (Å²) in [6.07, 6.45) is -0.289. The van der Waals surface area contributed by atoms with E-state index < -0.39 is 12.2 Å². The summed E-state index contributed by atoms with van der Waals surface area (Å²) < 4.78 is 11.9. The van der Waals surface area contributed by atoms with Crippen LogP contribution in [0.5, 0.6) is 11.5 Å². The van der Waals surface area contributed by atoms with Crippen LogP contribution in [0.4, 0.5) is 5.69 Å². The Balaban J connectivity index is 0.00000231. The van der Waals surface area contributed by atoms with Gasteiger partial charge in [-0.15, -0.1) is 0 Å². The number of hydrogen-bond donors (Lipinski definition) is 2. The lowest BCUT2D eigenvalue weighted by molar-refractivity contribution is 0.0218. The average Bonchev–Trinajstić information content (AvgIpc) is 3.16. The predicted octanol–water partition coefficient (Wildman–Crippen LogP) is 12.1. The van der Waals surface area contributed by atoms with Gasteiger partial charge in [0.05, 0.1) is 6.10 Å². The molecule has 4 rings (SSSR count). The second-order valence-electron chi connectivity index (χ2n) is 16.1. The van der Waals surface area contributed by atoms with Gasteiger partial charge in [-0.2, -0.15) is 0 Å². The fourth-order valence-corrected chi connectivity index (χ4v) is 5.63. The van der Waals surface area contributed by atoms with Gasteiger partial charge >= 0.3 is 0 Å². The Morgan fingerprint density at radius 3 is 1.37 bits per heavy atom. The van der Waals surface area contributed by atoms with Crippen molar-refractivity contribution in [1.29, 1.82) is 0 Å². The Labute approximate surface area is 330 Å². The van der Waals surface area contributed by atoms with Gasteiger partial charge in [0.25, 0.3) is 0 Å². The molecule has 0 fully saturated rings. The Bertz CT molecular complexity index is 1550. The maximum atomic E-state index is 11.1. The molecule has 0 heterocycles. The van der Waals surface area contributed by atoms with E-state index >= 15 is 0 Å². The standard InChI is InChI=1S/C43H57NO4.3C2H6/c1-31-10-12-32(13-11-31)26-33-14-20-36(21-15-33)44(30-41(2,3)4)27-37(45)28-47-38-22-16-34(17-23-38)43(8,9)35-18-24-39(25-19-35)48-29-40(46)42(5,6)7;3*1-2/h10-25,37,40,45-46H,26-30H2,1-9H3;3*1-2H3. The molecule has 4 aromatic rings. The summed E-state index contributed by atoms with van der Waals surface area (Å²) in [5, 5.41) is 21.4. The van der Waals surface area contributed by atoms with Crippen molar-refractivity contribution in [1.82, 2.24) is 0 Å². The van der Waals surface area contributed by atoms with Crippen LogP contribution in [0, 0.1) is 17.8 Å². The normalized spacial score (nSPS) is 12.4. The minimum Gasteiger partial charge on any atom is -0.491 e. The largest absolute Gasteiger partial charge is 0.491 e. The zero-order valence-corrected chi connectivity index (χ0v) is 36.6. The molecule has 2 atom stereocenters. The van der Waals surface area contributed by atoms with E-state index in [1.807, 2.05) is 86.6 Å². The molecule has 0 aliphatic rings. The number of anilines is 1. The SMILES string of the molecule is CC.CC.CC.Cc1ccc(Cc2ccc(N(CC(O)COc3ccc(C(C)(C)c4ccc(OCC(O)C(C)(C)C)cc4)cc3)CC(C)(C)C)cc2)cc1. The van der Waals surface area contributed by atoms with Gasteiger partial charge in [0.2, 0.25) is 0 Å². The molecule has 2 unspecified atom stereocenters. The predicted molar refractivity (Wildman–Crippen MR) is 234 cm³/mol. The van der Waals surface area contributed by atoms with Gasteiger partial charge in [0.1, 0.15) is 30.8 Å². The third-order valence-corrected chi connectivity index (χ3v) is 8.93. The molecule has 0 aliphatic carbocycles. The molecule has 2 N–H and O–H groups in total. The van der Waals surface area contributed by atoms with Crippen LogP contribution in [0.2, 0.25) is 0 Å². The molecule has 300 valence electrons. The van der Waals surface area contributed by atoms with Crippen LogP contribution in [0.15, 0.2) is 97.1 Å². The Morgan fingerprint density at radius 2 is 0.963 bits per heavy atom. The molecule has 0 aliphatic heterocycles. The molecule has 54 heavy (non-hydrogen) atoms. The number of rotatable bonds is 14. The lowest BCUT2D eigenvalue weighted by atomic mass is 9.78. The van der Waals surface area contributed by atoms with Crippen molar-refractivity contribution >= 4 is 5.69 Å². The first-order valence-electron chi connectivity index (χ1n) is 20.2. The van der Waals surface area contributed by atoms with Gasteiger partial charge in [-0.3, -0.25) is 0 Å². The highest BCUT2D eigenvalue weighted by atomic mass is 16.5. The molecule has 5 heteroatoms. The number of aryl methyl sites for hydroxylation is 1. The summed E-state index contributed by atoms with van der Waals surface area (Å²) in [6.45, 7) is 32.9. The Morgan fingerprint density at radius 1 is 0.556 bits per heavy atom. The second-order valence-corrected chi connectivity index (χ2v) is 16.1. The summed E-state index contributed by atoms with van der Waals surface area (Å²) in [5.74, 6) is 1.48. The van der Waals surface area contributed by atoms with Gasteiger partial charge in [-0.1, -0.05) is 163 Å². The van der Waals surface area contributed by atoms with Crippen LogP contribution in [-0.2, 0) is 11.8 Å². The molecular formula is C49H75NO4. The quantitative estimate of drug-likeness (QED) is 0.135. The molecule has 0 spiro atoms. The number of hydrogen-bond acceptors (Lipinski definition) is 5. The van der Waals surface area contributed by atoms with E-state index in [0.717, 1.165) is 41.3 Å². The van der Waals surface area contributed by atoms with E-state index in [1.165, 1.54) is 16.7 Å². The molecule has 0 amide bonds. The number of ether oxygens (including phenoxy) is 2. The smallest absolute Gasteiger partial charge is 0.119 e. The highest BCUT2D eigenvalue weighted by Crippen LogP contribution is 2.34. The van der Waals surface area contributed by atoms with Crippen LogP contribution >= 0.6 is 0 Å². The van der Waals surface area contributed by atoms with E-state index in [4.69, 9.17) is 9.47 Å². The van der Waals surface area contributed by atoms with Crippen molar-refractivity contribution in [2.75, 3.05) is 31.2 Å². The van der Waals surface area contributed by atoms with E-state index in [0.29, 0.717) is 6.54 Å². The number of benzene rings is 4. The van der Waals surface area contributed by atoms with E-state index in [1.54, 1.807) is 0 Å². The van der Waals surface area contributed by atoms with Crippen molar-refractivity contribution in [3.8, 4) is 11.5 Å². The van der Waals surface area contributed by atoms with Crippen LogP contribution in [-0.4, -0.2) is 48.7 Å². The van der Waals surface area contributed by atoms with Crippen molar-refractivity contribution < 1.29 is 19.7 Å². The molecular weight excluding hydrogens is 667 g/mol. The topological polar surface area (TPSA) is 62.2 Å². The highest BCUT2D eigenvalue weighted by molar-refractivity contribution is 5.49. The first-order chi connectivity index (χ1) is 25.5. The molecule has 0 saturated heterocycles. The molecule has 4 aromatic carbocycles. The summed E-state index contributed by atoms with van der Waals surface area (Å²) in [6, 6.07) is 33.7. The van der Waals surface area contributed by atoms with Gasteiger partial charge in [0, 0.05) is 24.2 Å². The molecule has 0 aromatic heterocycles. The van der Waals surface area contributed by atoms with E-state index in [9.17, 15) is 10.2 Å². The molecule has 5 nitrogen and oxygen atoms in total. The number of aliphatic hydroxyl groups is 2. The average molecular weight is 742 g/mol. The summed E-state index contributed by atoms with van der Waals surface area (Å²) in [4.78, 5) is 2.26. The van der Waals surface area contributed by atoms with E-state index in [-0.39, 0.29) is 29.5 Å². The first kappa shape index (κ1) is 48.2. The maximum Gasteiger partial charge on any atom is 0.119 e. The van der Waals surface area contributed by atoms with Gasteiger partial charge in [-0.05, 0) is 82.8 Å². The number of nitrogens with zero attached hydrogens (tertiary/aromatic N) is 1. The van der Waals surface area contributed by atoms with Gasteiger partial charge in [-0.25, -0.2) is 0 Å². The van der Waals surface area contributed by atoms with Crippen molar-refractivity contribution in [2.24, 2.45) is 10.8 Å². The minimum absolute atomic E-state index is 0.0614. The number of aliphatic hydroxyl groups excluding tert-OH is 2. The Hall–Kier alpha value is -3.80. The van der Waals surface area contributed by atoms with Gasteiger partial charge in [0.15, 0.2) is 0 Å². The fraction of sp³-hybridized carbons (Fsp3) is 0.510. The van der Waals surface area contributed by atoms with Crippen molar-refractivity contribution in [2.45, 2.75) is 128 Å². The molecule has 0 bridgehead atoms. The maximum absolute atomic E-state index is 11.1. The van der Waals surface area contributed by atoms with Gasteiger partial charge < -0.3 is 24.6 Å². The third-order valence-electron chi connectivity index (χ3n) is 8.93.